The molecule has 4 heteroatoms. The third-order valence-corrected chi connectivity index (χ3v) is 3.38. The highest BCUT2D eigenvalue weighted by Gasteiger charge is 2.14. The fourth-order valence-electron chi connectivity index (χ4n) is 1.75. The van der Waals surface area contributed by atoms with Crippen molar-refractivity contribution in [3.63, 3.8) is 0 Å². The second-order valence-corrected chi connectivity index (χ2v) is 4.98. The van der Waals surface area contributed by atoms with Crippen molar-refractivity contribution in [1.82, 2.24) is 0 Å². The van der Waals surface area contributed by atoms with Crippen LogP contribution in [0.1, 0.15) is 18.5 Å². The van der Waals surface area contributed by atoms with E-state index in [0.717, 1.165) is 5.56 Å². The van der Waals surface area contributed by atoms with Gasteiger partial charge in [0.05, 0.1) is 10.0 Å². The van der Waals surface area contributed by atoms with E-state index in [2.05, 4.69) is 15.9 Å². The Kier molecular flexibility index (Phi) is 3.78. The van der Waals surface area contributed by atoms with Crippen LogP contribution >= 0.6 is 15.9 Å². The molecule has 0 aliphatic carbocycles. The summed E-state index contributed by atoms with van der Waals surface area (Å²) in [4.78, 5) is 0. The van der Waals surface area contributed by atoms with Gasteiger partial charge in [-0.25, -0.2) is 8.78 Å². The lowest BCUT2D eigenvalue weighted by Gasteiger charge is -2.09. The fraction of sp³-hybridized carbons (Fsp3) is 0.143. The van der Waals surface area contributed by atoms with Crippen molar-refractivity contribution < 1.29 is 8.78 Å². The van der Waals surface area contributed by atoms with Gasteiger partial charge in [-0.2, -0.15) is 0 Å². The zero-order valence-corrected chi connectivity index (χ0v) is 11.3. The van der Waals surface area contributed by atoms with Crippen LogP contribution in [0.2, 0.25) is 0 Å². The molecule has 0 spiro atoms. The van der Waals surface area contributed by atoms with Crippen LogP contribution in [0.3, 0.4) is 0 Å². The van der Waals surface area contributed by atoms with Gasteiger partial charge in [0.25, 0.3) is 0 Å². The molecule has 0 saturated heterocycles. The van der Waals surface area contributed by atoms with Crippen LogP contribution in [0.15, 0.2) is 40.9 Å². The van der Waals surface area contributed by atoms with Gasteiger partial charge in [0.1, 0.15) is 11.6 Å². The first kappa shape index (κ1) is 13.2. The molecular formula is C14H12BrF2N. The van der Waals surface area contributed by atoms with E-state index in [1.165, 1.54) is 12.1 Å². The maximum atomic E-state index is 13.9. The monoisotopic (exact) mass is 311 g/mol. The Morgan fingerprint density at radius 3 is 2.22 bits per heavy atom. The number of nitrogens with two attached hydrogens (primary N) is 1. The van der Waals surface area contributed by atoms with Gasteiger partial charge in [0.2, 0.25) is 0 Å². The standard InChI is InChI=1S/C14H12BrF2N/c1-8(18)9-2-4-10(5-3-9)13-12(16)7-6-11(15)14(13)17/h2-8H,18H2,1H3. The molecule has 0 aliphatic rings. The Bertz CT molecular complexity index is 565. The molecule has 0 bridgehead atoms. The second-order valence-electron chi connectivity index (χ2n) is 4.13. The van der Waals surface area contributed by atoms with Gasteiger partial charge in [-0.15, -0.1) is 0 Å². The molecule has 94 valence electrons. The molecule has 0 saturated carbocycles. The molecule has 0 aliphatic heterocycles. The number of benzene rings is 2. The Morgan fingerprint density at radius 1 is 1.06 bits per heavy atom. The van der Waals surface area contributed by atoms with Crippen molar-refractivity contribution in [3.8, 4) is 11.1 Å². The van der Waals surface area contributed by atoms with Crippen molar-refractivity contribution in [1.29, 1.82) is 0 Å². The summed E-state index contributed by atoms with van der Waals surface area (Å²) in [7, 11) is 0. The molecule has 1 unspecified atom stereocenters. The van der Waals surface area contributed by atoms with Crippen LogP contribution in [-0.2, 0) is 0 Å². The lowest BCUT2D eigenvalue weighted by molar-refractivity contribution is 0.585. The molecule has 2 aromatic rings. The predicted molar refractivity (Wildman–Crippen MR) is 72.1 cm³/mol. The summed E-state index contributed by atoms with van der Waals surface area (Å²) >= 11 is 3.05. The summed E-state index contributed by atoms with van der Waals surface area (Å²) in [6, 6.07) is 9.39. The molecule has 2 rings (SSSR count). The summed E-state index contributed by atoms with van der Waals surface area (Å²) in [5, 5.41) is 0. The summed E-state index contributed by atoms with van der Waals surface area (Å²) in [6.07, 6.45) is 0. The Balaban J connectivity index is 2.52. The third-order valence-electron chi connectivity index (χ3n) is 2.77. The van der Waals surface area contributed by atoms with E-state index in [1.807, 2.05) is 6.92 Å². The maximum Gasteiger partial charge on any atom is 0.148 e. The van der Waals surface area contributed by atoms with Gasteiger partial charge < -0.3 is 5.73 Å². The number of hydrogen-bond donors (Lipinski definition) is 1. The van der Waals surface area contributed by atoms with Gasteiger partial charge in [-0.3, -0.25) is 0 Å². The molecular weight excluding hydrogens is 300 g/mol. The quantitative estimate of drug-likeness (QED) is 0.817. The molecule has 0 aromatic heterocycles. The van der Waals surface area contributed by atoms with Gasteiger partial charge >= 0.3 is 0 Å². The Morgan fingerprint density at radius 2 is 1.67 bits per heavy atom. The average molecular weight is 312 g/mol. The second kappa shape index (κ2) is 5.16. The summed E-state index contributed by atoms with van der Waals surface area (Å²) < 4.78 is 27.8. The minimum Gasteiger partial charge on any atom is -0.324 e. The summed E-state index contributed by atoms with van der Waals surface area (Å²) in [5.41, 5.74) is 7.13. The highest BCUT2D eigenvalue weighted by molar-refractivity contribution is 9.10. The lowest BCUT2D eigenvalue weighted by Crippen LogP contribution is -2.04. The predicted octanol–water partition coefficient (Wildman–Crippen LogP) is 4.41. The third kappa shape index (κ3) is 2.44. The van der Waals surface area contributed by atoms with Crippen LogP contribution in [-0.4, -0.2) is 0 Å². The van der Waals surface area contributed by atoms with E-state index in [-0.39, 0.29) is 16.1 Å². The minimum atomic E-state index is -0.594. The summed E-state index contributed by atoms with van der Waals surface area (Å²) in [5.74, 6) is -1.17. The molecule has 0 fully saturated rings. The summed E-state index contributed by atoms with van der Waals surface area (Å²) in [6.45, 7) is 1.86. The molecule has 1 atom stereocenters. The van der Waals surface area contributed by atoms with Crippen LogP contribution in [0.5, 0.6) is 0 Å². The number of hydrogen-bond acceptors (Lipinski definition) is 1. The van der Waals surface area contributed by atoms with E-state index < -0.39 is 11.6 Å². The SMILES string of the molecule is CC(N)c1ccc(-c2c(F)ccc(Br)c2F)cc1. The van der Waals surface area contributed by atoms with Crippen LogP contribution < -0.4 is 5.73 Å². The van der Waals surface area contributed by atoms with Crippen molar-refractivity contribution >= 4 is 15.9 Å². The topological polar surface area (TPSA) is 26.0 Å². The zero-order valence-electron chi connectivity index (χ0n) is 9.75. The number of rotatable bonds is 2. The van der Waals surface area contributed by atoms with Crippen LogP contribution in [0.25, 0.3) is 11.1 Å². The molecule has 0 radical (unpaired) electrons. The smallest absolute Gasteiger partial charge is 0.148 e. The highest BCUT2D eigenvalue weighted by atomic mass is 79.9. The largest absolute Gasteiger partial charge is 0.324 e. The zero-order chi connectivity index (χ0) is 13.3. The molecule has 2 N–H and O–H groups in total. The lowest BCUT2D eigenvalue weighted by atomic mass is 10.0. The van der Waals surface area contributed by atoms with Gasteiger partial charge in [-0.05, 0) is 46.1 Å². The van der Waals surface area contributed by atoms with Crippen molar-refractivity contribution in [3.05, 3.63) is 58.1 Å². The van der Waals surface area contributed by atoms with E-state index in [9.17, 15) is 8.78 Å². The van der Waals surface area contributed by atoms with E-state index >= 15 is 0 Å². The van der Waals surface area contributed by atoms with Crippen molar-refractivity contribution in [2.45, 2.75) is 13.0 Å². The minimum absolute atomic E-state index is 0.0272. The van der Waals surface area contributed by atoms with Crippen LogP contribution in [0.4, 0.5) is 8.78 Å². The average Bonchev–Trinajstić information content (AvgIpc) is 2.35. The first-order valence-corrected chi connectivity index (χ1v) is 6.29. The Hall–Kier alpha value is -1.26. The molecule has 0 heterocycles. The normalized spacial score (nSPS) is 12.5. The van der Waals surface area contributed by atoms with E-state index in [4.69, 9.17) is 5.73 Å². The first-order valence-electron chi connectivity index (χ1n) is 5.50. The molecule has 2 aromatic carbocycles. The fourth-order valence-corrected chi connectivity index (χ4v) is 2.08. The molecule has 0 amide bonds. The van der Waals surface area contributed by atoms with Gasteiger partial charge in [0.15, 0.2) is 0 Å². The van der Waals surface area contributed by atoms with Crippen molar-refractivity contribution in [2.75, 3.05) is 0 Å². The van der Waals surface area contributed by atoms with E-state index in [0.29, 0.717) is 5.56 Å². The van der Waals surface area contributed by atoms with Crippen molar-refractivity contribution in [2.24, 2.45) is 5.73 Å². The van der Waals surface area contributed by atoms with Gasteiger partial charge in [0, 0.05) is 6.04 Å². The first-order chi connectivity index (χ1) is 8.50. The van der Waals surface area contributed by atoms with Gasteiger partial charge in [-0.1, -0.05) is 24.3 Å². The Labute approximate surface area is 113 Å². The number of halogens is 3. The molecule has 1 nitrogen and oxygen atoms in total. The highest BCUT2D eigenvalue weighted by Crippen LogP contribution is 2.31. The maximum absolute atomic E-state index is 13.9. The van der Waals surface area contributed by atoms with E-state index in [1.54, 1.807) is 24.3 Å². The van der Waals surface area contributed by atoms with Crippen LogP contribution in [0, 0.1) is 11.6 Å². The molecule has 18 heavy (non-hydrogen) atoms.